The SMILES string of the molecule is COc1cc(C)c(C(C)(C)O)c(OC)c1C. The van der Waals surface area contributed by atoms with Crippen molar-refractivity contribution in [1.82, 2.24) is 0 Å². The third-order valence-corrected chi connectivity index (χ3v) is 2.72. The van der Waals surface area contributed by atoms with E-state index < -0.39 is 5.60 Å². The average Bonchev–Trinajstić information content (AvgIpc) is 2.18. The second-order valence-corrected chi connectivity index (χ2v) is 4.49. The fourth-order valence-corrected chi connectivity index (χ4v) is 2.08. The number of ether oxygens (including phenoxy) is 2. The summed E-state index contributed by atoms with van der Waals surface area (Å²) in [5.74, 6) is 1.48. The summed E-state index contributed by atoms with van der Waals surface area (Å²) < 4.78 is 10.7. The molecular weight excluding hydrogens is 204 g/mol. The van der Waals surface area contributed by atoms with E-state index >= 15 is 0 Å². The van der Waals surface area contributed by atoms with Gasteiger partial charge in [0.15, 0.2) is 0 Å². The Morgan fingerprint density at radius 2 is 1.69 bits per heavy atom. The zero-order valence-electron chi connectivity index (χ0n) is 10.8. The largest absolute Gasteiger partial charge is 0.496 e. The van der Waals surface area contributed by atoms with Crippen molar-refractivity contribution >= 4 is 0 Å². The van der Waals surface area contributed by atoms with Gasteiger partial charge in [0, 0.05) is 11.1 Å². The third kappa shape index (κ3) is 2.14. The fraction of sp³-hybridized carbons (Fsp3) is 0.538. The van der Waals surface area contributed by atoms with Gasteiger partial charge in [0.1, 0.15) is 11.5 Å². The van der Waals surface area contributed by atoms with Crippen LogP contribution in [0.2, 0.25) is 0 Å². The van der Waals surface area contributed by atoms with Crippen LogP contribution in [-0.2, 0) is 5.60 Å². The van der Waals surface area contributed by atoms with E-state index in [1.807, 2.05) is 19.9 Å². The zero-order chi connectivity index (χ0) is 12.5. The molecule has 3 nitrogen and oxygen atoms in total. The van der Waals surface area contributed by atoms with Gasteiger partial charge in [-0.1, -0.05) is 0 Å². The van der Waals surface area contributed by atoms with Gasteiger partial charge in [0.2, 0.25) is 0 Å². The average molecular weight is 224 g/mol. The Morgan fingerprint density at radius 1 is 1.12 bits per heavy atom. The molecule has 0 heterocycles. The molecule has 0 saturated heterocycles. The molecule has 0 aliphatic carbocycles. The molecule has 1 rings (SSSR count). The highest BCUT2D eigenvalue weighted by Crippen LogP contribution is 2.39. The van der Waals surface area contributed by atoms with Crippen molar-refractivity contribution in [2.75, 3.05) is 14.2 Å². The van der Waals surface area contributed by atoms with Gasteiger partial charge in [-0.3, -0.25) is 0 Å². The molecule has 90 valence electrons. The molecule has 0 radical (unpaired) electrons. The molecule has 0 spiro atoms. The van der Waals surface area contributed by atoms with E-state index in [9.17, 15) is 5.11 Å². The van der Waals surface area contributed by atoms with Gasteiger partial charge in [-0.15, -0.1) is 0 Å². The first-order valence-electron chi connectivity index (χ1n) is 5.28. The molecule has 0 aromatic heterocycles. The summed E-state index contributed by atoms with van der Waals surface area (Å²) in [6.45, 7) is 7.37. The van der Waals surface area contributed by atoms with Crippen molar-refractivity contribution in [1.29, 1.82) is 0 Å². The van der Waals surface area contributed by atoms with Crippen molar-refractivity contribution in [3.63, 3.8) is 0 Å². The lowest BCUT2D eigenvalue weighted by Crippen LogP contribution is -2.19. The molecule has 3 heteroatoms. The minimum absolute atomic E-state index is 0.698. The van der Waals surface area contributed by atoms with E-state index in [2.05, 4.69) is 0 Å². The maximum Gasteiger partial charge on any atom is 0.131 e. The van der Waals surface area contributed by atoms with Gasteiger partial charge in [-0.2, -0.15) is 0 Å². The molecule has 0 fully saturated rings. The number of hydrogen-bond donors (Lipinski definition) is 1. The number of aliphatic hydroxyl groups is 1. The Morgan fingerprint density at radius 3 is 2.06 bits per heavy atom. The molecular formula is C13H20O3. The first kappa shape index (κ1) is 12.8. The Kier molecular flexibility index (Phi) is 3.48. The van der Waals surface area contributed by atoms with Gasteiger partial charge in [-0.05, 0) is 39.3 Å². The lowest BCUT2D eigenvalue weighted by Gasteiger charge is -2.25. The van der Waals surface area contributed by atoms with Crippen LogP contribution in [0.4, 0.5) is 0 Å². The predicted octanol–water partition coefficient (Wildman–Crippen LogP) is 2.55. The quantitative estimate of drug-likeness (QED) is 0.857. The Labute approximate surface area is 97.0 Å². The molecule has 0 amide bonds. The van der Waals surface area contributed by atoms with Crippen LogP contribution in [-0.4, -0.2) is 19.3 Å². The van der Waals surface area contributed by atoms with Crippen LogP contribution >= 0.6 is 0 Å². The number of aryl methyl sites for hydroxylation is 1. The Balaban J connectivity index is 3.56. The second-order valence-electron chi connectivity index (χ2n) is 4.49. The Bertz CT molecular complexity index is 389. The lowest BCUT2D eigenvalue weighted by molar-refractivity contribution is 0.0747. The normalized spacial score (nSPS) is 11.4. The maximum atomic E-state index is 10.1. The van der Waals surface area contributed by atoms with Crippen LogP contribution in [0.25, 0.3) is 0 Å². The number of benzene rings is 1. The molecule has 0 saturated carbocycles. The van der Waals surface area contributed by atoms with E-state index in [0.717, 1.165) is 22.4 Å². The first-order chi connectivity index (χ1) is 7.32. The van der Waals surface area contributed by atoms with Crippen LogP contribution in [0.1, 0.15) is 30.5 Å². The van der Waals surface area contributed by atoms with Gasteiger partial charge >= 0.3 is 0 Å². The highest BCUT2D eigenvalue weighted by atomic mass is 16.5. The predicted molar refractivity (Wildman–Crippen MR) is 64.3 cm³/mol. The molecule has 1 aromatic rings. The lowest BCUT2D eigenvalue weighted by atomic mass is 9.90. The van der Waals surface area contributed by atoms with Gasteiger partial charge in [0.05, 0.1) is 19.8 Å². The molecule has 1 N–H and O–H groups in total. The minimum atomic E-state index is -0.924. The van der Waals surface area contributed by atoms with E-state index in [1.165, 1.54) is 0 Å². The highest BCUT2D eigenvalue weighted by molar-refractivity contribution is 5.55. The number of rotatable bonds is 3. The summed E-state index contributed by atoms with van der Waals surface area (Å²) >= 11 is 0. The van der Waals surface area contributed by atoms with Crippen LogP contribution in [0.15, 0.2) is 6.07 Å². The van der Waals surface area contributed by atoms with E-state index in [0.29, 0.717) is 5.75 Å². The van der Waals surface area contributed by atoms with Gasteiger partial charge < -0.3 is 14.6 Å². The summed E-state index contributed by atoms with van der Waals surface area (Å²) in [4.78, 5) is 0. The van der Waals surface area contributed by atoms with Crippen molar-refractivity contribution < 1.29 is 14.6 Å². The van der Waals surface area contributed by atoms with E-state index in [4.69, 9.17) is 9.47 Å². The highest BCUT2D eigenvalue weighted by Gasteiger charge is 2.26. The summed E-state index contributed by atoms with van der Waals surface area (Å²) in [6.07, 6.45) is 0. The monoisotopic (exact) mass is 224 g/mol. The molecule has 1 aromatic carbocycles. The molecule has 0 bridgehead atoms. The van der Waals surface area contributed by atoms with Crippen molar-refractivity contribution in [3.8, 4) is 11.5 Å². The summed E-state index contributed by atoms with van der Waals surface area (Å²) in [7, 11) is 3.24. The van der Waals surface area contributed by atoms with Crippen LogP contribution in [0.5, 0.6) is 11.5 Å². The molecule has 16 heavy (non-hydrogen) atoms. The first-order valence-corrected chi connectivity index (χ1v) is 5.28. The summed E-state index contributed by atoms with van der Waals surface area (Å²) in [5.41, 5.74) is 1.76. The number of hydrogen-bond acceptors (Lipinski definition) is 3. The fourth-order valence-electron chi connectivity index (χ4n) is 2.08. The summed E-state index contributed by atoms with van der Waals surface area (Å²) in [6, 6.07) is 1.92. The van der Waals surface area contributed by atoms with Crippen molar-refractivity contribution in [2.45, 2.75) is 33.3 Å². The van der Waals surface area contributed by atoms with E-state index in [-0.39, 0.29) is 0 Å². The van der Waals surface area contributed by atoms with Gasteiger partial charge in [0.25, 0.3) is 0 Å². The molecule has 0 unspecified atom stereocenters. The van der Waals surface area contributed by atoms with Crippen LogP contribution in [0, 0.1) is 13.8 Å². The molecule has 0 atom stereocenters. The second kappa shape index (κ2) is 4.34. The topological polar surface area (TPSA) is 38.7 Å². The van der Waals surface area contributed by atoms with Gasteiger partial charge in [-0.25, -0.2) is 0 Å². The molecule has 0 aliphatic heterocycles. The zero-order valence-corrected chi connectivity index (χ0v) is 10.8. The van der Waals surface area contributed by atoms with Crippen LogP contribution in [0.3, 0.4) is 0 Å². The minimum Gasteiger partial charge on any atom is -0.496 e. The molecule has 0 aliphatic rings. The van der Waals surface area contributed by atoms with Crippen LogP contribution < -0.4 is 9.47 Å². The van der Waals surface area contributed by atoms with Crippen molar-refractivity contribution in [2.24, 2.45) is 0 Å². The Hall–Kier alpha value is -1.22. The number of methoxy groups -OCH3 is 2. The third-order valence-electron chi connectivity index (χ3n) is 2.72. The maximum absolute atomic E-state index is 10.1. The standard InChI is InChI=1S/C13H20O3/c1-8-7-10(15-5)9(2)12(16-6)11(8)13(3,4)14/h7,14H,1-6H3. The van der Waals surface area contributed by atoms with E-state index in [1.54, 1.807) is 28.1 Å². The smallest absolute Gasteiger partial charge is 0.131 e. The van der Waals surface area contributed by atoms with Crippen molar-refractivity contribution in [3.05, 3.63) is 22.8 Å². The summed E-state index contributed by atoms with van der Waals surface area (Å²) in [5, 5.41) is 10.1.